The lowest BCUT2D eigenvalue weighted by Crippen LogP contribution is -2.49. The second-order valence-electron chi connectivity index (χ2n) is 4.84. The molecule has 2 rings (SSSR count). The molecule has 0 saturated carbocycles. The van der Waals surface area contributed by atoms with Crippen molar-refractivity contribution in [2.45, 2.75) is 10.5 Å². The van der Waals surface area contributed by atoms with Gasteiger partial charge in [0.2, 0.25) is 0 Å². The third-order valence-corrected chi connectivity index (χ3v) is 3.73. The first-order chi connectivity index (χ1) is 9.54. The third-order valence-electron chi connectivity index (χ3n) is 3.48. The second kappa shape index (κ2) is 6.11. The van der Waals surface area contributed by atoms with Gasteiger partial charge >= 0.3 is 0 Å². The standard InChI is InChI=1S/C14H20ClN3O2/c15-14(16)5-3-13(4-6-14,12-2-1-7-17-12)18(8-10-19)9-11-20/h1-7,17,19-20H,8-11,16H2. The summed E-state index contributed by atoms with van der Waals surface area (Å²) in [5.41, 5.74) is 6.20. The fourth-order valence-electron chi connectivity index (χ4n) is 2.48. The fraction of sp³-hybridized carbons (Fsp3) is 0.429. The molecule has 1 aliphatic rings. The van der Waals surface area contributed by atoms with Gasteiger partial charge in [-0.05, 0) is 24.3 Å². The molecule has 5 nitrogen and oxygen atoms in total. The van der Waals surface area contributed by atoms with Crippen LogP contribution in [0.4, 0.5) is 0 Å². The van der Waals surface area contributed by atoms with E-state index >= 15 is 0 Å². The molecule has 0 spiro atoms. The van der Waals surface area contributed by atoms with Gasteiger partial charge in [-0.3, -0.25) is 4.90 Å². The molecule has 0 bridgehead atoms. The Hall–Kier alpha value is -1.11. The van der Waals surface area contributed by atoms with Crippen LogP contribution in [-0.2, 0) is 5.54 Å². The van der Waals surface area contributed by atoms with Gasteiger partial charge in [-0.15, -0.1) is 0 Å². The monoisotopic (exact) mass is 297 g/mol. The molecular weight excluding hydrogens is 278 g/mol. The second-order valence-corrected chi connectivity index (χ2v) is 5.49. The number of nitrogens with two attached hydrogens (primary N) is 1. The van der Waals surface area contributed by atoms with Crippen molar-refractivity contribution in [1.29, 1.82) is 0 Å². The SMILES string of the molecule is NC1(Cl)C=CC(c2ccc[nH]2)(N(CCO)CCO)C=C1. The Kier molecular flexibility index (Phi) is 4.67. The fourth-order valence-corrected chi connectivity index (χ4v) is 2.61. The van der Waals surface area contributed by atoms with Crippen LogP contribution in [0.25, 0.3) is 0 Å². The van der Waals surface area contributed by atoms with Gasteiger partial charge in [0.25, 0.3) is 0 Å². The van der Waals surface area contributed by atoms with Crippen LogP contribution in [0.15, 0.2) is 42.6 Å². The largest absolute Gasteiger partial charge is 0.395 e. The molecule has 20 heavy (non-hydrogen) atoms. The smallest absolute Gasteiger partial charge is 0.128 e. The van der Waals surface area contributed by atoms with E-state index in [1.807, 2.05) is 35.4 Å². The van der Waals surface area contributed by atoms with Gasteiger partial charge in [-0.1, -0.05) is 23.8 Å². The Bertz CT molecular complexity index is 461. The van der Waals surface area contributed by atoms with Crippen LogP contribution in [0.5, 0.6) is 0 Å². The third kappa shape index (κ3) is 2.97. The molecular formula is C14H20ClN3O2. The van der Waals surface area contributed by atoms with E-state index in [2.05, 4.69) is 4.98 Å². The van der Waals surface area contributed by atoms with Gasteiger partial charge in [0.05, 0.1) is 18.8 Å². The number of rotatable bonds is 6. The summed E-state index contributed by atoms with van der Waals surface area (Å²) in [7, 11) is 0. The zero-order valence-corrected chi connectivity index (χ0v) is 11.9. The summed E-state index contributed by atoms with van der Waals surface area (Å²) in [5.74, 6) is 0. The summed E-state index contributed by atoms with van der Waals surface area (Å²) in [6.07, 6.45) is 9.07. The quantitative estimate of drug-likeness (QED) is 0.350. The minimum atomic E-state index is -1.000. The van der Waals surface area contributed by atoms with E-state index in [1.165, 1.54) is 0 Å². The minimum Gasteiger partial charge on any atom is -0.395 e. The molecule has 1 heterocycles. The highest BCUT2D eigenvalue weighted by Crippen LogP contribution is 2.35. The lowest BCUT2D eigenvalue weighted by atomic mass is 9.87. The van der Waals surface area contributed by atoms with Crippen molar-refractivity contribution in [1.82, 2.24) is 9.88 Å². The number of aromatic amines is 1. The van der Waals surface area contributed by atoms with E-state index in [0.717, 1.165) is 5.69 Å². The highest BCUT2D eigenvalue weighted by molar-refractivity contribution is 6.26. The number of hydrogen-bond acceptors (Lipinski definition) is 4. The van der Waals surface area contributed by atoms with Crippen LogP contribution in [0.2, 0.25) is 0 Å². The number of aromatic nitrogens is 1. The number of nitrogens with zero attached hydrogens (tertiary/aromatic N) is 1. The Balaban J connectivity index is 2.43. The Morgan fingerprint density at radius 3 is 2.20 bits per heavy atom. The van der Waals surface area contributed by atoms with Crippen molar-refractivity contribution in [3.63, 3.8) is 0 Å². The van der Waals surface area contributed by atoms with E-state index in [1.54, 1.807) is 12.2 Å². The van der Waals surface area contributed by atoms with Gasteiger partial charge in [0.15, 0.2) is 0 Å². The van der Waals surface area contributed by atoms with Crippen LogP contribution in [0.1, 0.15) is 5.69 Å². The lowest BCUT2D eigenvalue weighted by Gasteiger charge is -2.41. The number of aliphatic hydroxyl groups is 2. The van der Waals surface area contributed by atoms with E-state index in [9.17, 15) is 10.2 Å². The number of hydrogen-bond donors (Lipinski definition) is 4. The highest BCUT2D eigenvalue weighted by Gasteiger charge is 2.38. The Morgan fingerprint density at radius 2 is 1.75 bits per heavy atom. The van der Waals surface area contributed by atoms with Crippen molar-refractivity contribution >= 4 is 11.6 Å². The molecule has 1 aliphatic carbocycles. The van der Waals surface area contributed by atoms with E-state index in [0.29, 0.717) is 13.1 Å². The minimum absolute atomic E-state index is 0.00121. The number of alkyl halides is 1. The summed E-state index contributed by atoms with van der Waals surface area (Å²) in [4.78, 5) is 4.15. The summed E-state index contributed by atoms with van der Waals surface area (Å²) in [6, 6.07) is 3.86. The first-order valence-corrected chi connectivity index (χ1v) is 6.91. The van der Waals surface area contributed by atoms with Gasteiger partial charge in [-0.25, -0.2) is 0 Å². The van der Waals surface area contributed by atoms with Crippen molar-refractivity contribution in [3.8, 4) is 0 Å². The highest BCUT2D eigenvalue weighted by atomic mass is 35.5. The van der Waals surface area contributed by atoms with Crippen LogP contribution < -0.4 is 5.73 Å². The molecule has 0 aliphatic heterocycles. The maximum atomic E-state index is 9.28. The van der Waals surface area contributed by atoms with Gasteiger partial charge in [0.1, 0.15) is 5.00 Å². The van der Waals surface area contributed by atoms with Crippen molar-refractivity contribution in [2.24, 2.45) is 5.73 Å². The zero-order chi connectivity index (χ0) is 14.6. The van der Waals surface area contributed by atoms with Crippen LogP contribution in [-0.4, -0.2) is 51.4 Å². The average Bonchev–Trinajstić information content (AvgIpc) is 2.94. The molecule has 5 N–H and O–H groups in total. The molecule has 0 radical (unpaired) electrons. The Labute approximate surface area is 123 Å². The molecule has 110 valence electrons. The van der Waals surface area contributed by atoms with Crippen LogP contribution >= 0.6 is 11.6 Å². The summed E-state index contributed by atoms with van der Waals surface area (Å²) < 4.78 is 0. The number of H-pyrrole nitrogens is 1. The average molecular weight is 298 g/mol. The predicted molar refractivity (Wildman–Crippen MR) is 79.3 cm³/mol. The molecule has 0 aromatic carbocycles. The van der Waals surface area contributed by atoms with Gasteiger partial charge < -0.3 is 20.9 Å². The topological polar surface area (TPSA) is 85.5 Å². The van der Waals surface area contributed by atoms with Crippen LogP contribution in [0.3, 0.4) is 0 Å². The Morgan fingerprint density at radius 1 is 1.15 bits per heavy atom. The predicted octanol–water partition coefficient (Wildman–Crippen LogP) is 0.516. The van der Waals surface area contributed by atoms with E-state index < -0.39 is 10.5 Å². The van der Waals surface area contributed by atoms with Gasteiger partial charge in [0, 0.05) is 25.0 Å². The van der Waals surface area contributed by atoms with Crippen molar-refractivity contribution in [2.75, 3.05) is 26.3 Å². The van der Waals surface area contributed by atoms with E-state index in [-0.39, 0.29) is 13.2 Å². The zero-order valence-electron chi connectivity index (χ0n) is 11.2. The van der Waals surface area contributed by atoms with Crippen molar-refractivity contribution in [3.05, 3.63) is 48.3 Å². The molecule has 1 aromatic rings. The summed E-state index contributed by atoms with van der Waals surface area (Å²) in [5, 5.41) is 18.6. The van der Waals surface area contributed by atoms with Gasteiger partial charge in [-0.2, -0.15) is 0 Å². The van der Waals surface area contributed by atoms with Crippen molar-refractivity contribution < 1.29 is 10.2 Å². The number of halogens is 1. The molecule has 0 amide bonds. The number of aliphatic hydroxyl groups excluding tert-OH is 2. The van der Waals surface area contributed by atoms with Crippen LogP contribution in [0, 0.1) is 0 Å². The lowest BCUT2D eigenvalue weighted by molar-refractivity contribution is 0.101. The normalized spacial score (nSPS) is 29.2. The maximum absolute atomic E-state index is 9.28. The summed E-state index contributed by atoms with van der Waals surface area (Å²) >= 11 is 6.10. The molecule has 6 heteroatoms. The number of nitrogens with one attached hydrogen (secondary N) is 1. The first kappa shape index (κ1) is 15.3. The molecule has 0 atom stereocenters. The maximum Gasteiger partial charge on any atom is 0.128 e. The molecule has 0 saturated heterocycles. The molecule has 0 fully saturated rings. The summed E-state index contributed by atoms with van der Waals surface area (Å²) in [6.45, 7) is 0.847. The molecule has 0 unspecified atom stereocenters. The first-order valence-electron chi connectivity index (χ1n) is 6.53. The molecule has 1 aromatic heterocycles. The van der Waals surface area contributed by atoms with E-state index in [4.69, 9.17) is 17.3 Å².